The van der Waals surface area contributed by atoms with Crippen LogP contribution in [0.4, 0.5) is 0 Å². The quantitative estimate of drug-likeness (QED) is 0.735. The Hall–Kier alpha value is -2.17. The average Bonchev–Trinajstić information content (AvgIpc) is 2.64. The Morgan fingerprint density at radius 1 is 0.920 bits per heavy atom. The lowest BCUT2D eigenvalue weighted by atomic mass is 9.96. The van der Waals surface area contributed by atoms with Gasteiger partial charge >= 0.3 is 0 Å². The van der Waals surface area contributed by atoms with Crippen LogP contribution in [0.5, 0.6) is 0 Å². The van der Waals surface area contributed by atoms with Crippen LogP contribution in [0.1, 0.15) is 21.5 Å². The summed E-state index contributed by atoms with van der Waals surface area (Å²) in [5.74, 6) is 0.00149. The molecule has 0 aliphatic carbocycles. The Bertz CT molecular complexity index is 687. The minimum Gasteiger partial charge on any atom is -0.383 e. The molecule has 1 amide bonds. The van der Waals surface area contributed by atoms with Crippen LogP contribution in [-0.2, 0) is 9.47 Å². The molecule has 2 aromatic carbocycles. The van der Waals surface area contributed by atoms with Gasteiger partial charge in [-0.1, -0.05) is 30.3 Å². The summed E-state index contributed by atoms with van der Waals surface area (Å²) in [7, 11) is 3.27. The van der Waals surface area contributed by atoms with Crippen molar-refractivity contribution in [3.63, 3.8) is 0 Å². The topological polar surface area (TPSA) is 38.8 Å². The van der Waals surface area contributed by atoms with E-state index in [9.17, 15) is 4.79 Å². The molecule has 134 valence electrons. The van der Waals surface area contributed by atoms with E-state index in [1.807, 2.05) is 24.3 Å². The van der Waals surface area contributed by atoms with E-state index in [1.54, 1.807) is 19.1 Å². The molecule has 0 N–H and O–H groups in total. The van der Waals surface area contributed by atoms with Gasteiger partial charge < -0.3 is 14.4 Å². The second-order valence-electron chi connectivity index (χ2n) is 6.10. The Balaban J connectivity index is 2.19. The highest BCUT2D eigenvalue weighted by Crippen LogP contribution is 2.25. The molecule has 0 fully saturated rings. The number of carbonyl (C=O) groups is 1. The standard InChI is InChI=1S/C21H27NO3/c1-16-6-5-7-20(17(16)2)18-8-10-19(11-9-18)21(23)22(12-14-24-3)13-15-25-4/h5-11H,12-15H2,1-4H3. The Morgan fingerprint density at radius 3 is 2.08 bits per heavy atom. The predicted octanol–water partition coefficient (Wildman–Crippen LogP) is 3.71. The summed E-state index contributed by atoms with van der Waals surface area (Å²) >= 11 is 0. The third-order valence-corrected chi connectivity index (χ3v) is 4.47. The number of amides is 1. The summed E-state index contributed by atoms with van der Waals surface area (Å²) in [6.07, 6.45) is 0. The first kappa shape index (κ1) is 19.2. The minimum atomic E-state index is 0.00149. The zero-order valence-electron chi connectivity index (χ0n) is 15.5. The van der Waals surface area contributed by atoms with E-state index >= 15 is 0 Å². The van der Waals surface area contributed by atoms with Gasteiger partial charge in [-0.2, -0.15) is 0 Å². The van der Waals surface area contributed by atoms with Crippen molar-refractivity contribution in [1.29, 1.82) is 0 Å². The molecule has 0 aromatic heterocycles. The van der Waals surface area contributed by atoms with E-state index in [2.05, 4.69) is 32.0 Å². The number of carbonyl (C=O) groups excluding carboxylic acids is 1. The molecule has 4 heteroatoms. The number of methoxy groups -OCH3 is 2. The van der Waals surface area contributed by atoms with Gasteiger partial charge in [-0.3, -0.25) is 4.79 Å². The fourth-order valence-electron chi connectivity index (χ4n) is 2.76. The molecule has 0 radical (unpaired) electrons. The number of ether oxygens (including phenoxy) is 2. The van der Waals surface area contributed by atoms with Gasteiger partial charge in [-0.15, -0.1) is 0 Å². The molecule has 2 rings (SSSR count). The van der Waals surface area contributed by atoms with Crippen molar-refractivity contribution >= 4 is 5.91 Å². The predicted molar refractivity (Wildman–Crippen MR) is 101 cm³/mol. The van der Waals surface area contributed by atoms with Gasteiger partial charge in [0.05, 0.1) is 13.2 Å². The van der Waals surface area contributed by atoms with E-state index in [4.69, 9.17) is 9.47 Å². The third kappa shape index (κ3) is 4.91. The number of rotatable bonds is 8. The van der Waals surface area contributed by atoms with Crippen molar-refractivity contribution < 1.29 is 14.3 Å². The maximum atomic E-state index is 12.7. The molecule has 0 saturated heterocycles. The van der Waals surface area contributed by atoms with Crippen LogP contribution < -0.4 is 0 Å². The molecule has 0 aliphatic rings. The lowest BCUT2D eigenvalue weighted by Crippen LogP contribution is -2.36. The van der Waals surface area contributed by atoms with Gasteiger partial charge in [0.2, 0.25) is 0 Å². The van der Waals surface area contributed by atoms with Crippen molar-refractivity contribution in [3.8, 4) is 11.1 Å². The Kier molecular flexibility index (Phi) is 7.16. The Labute approximate surface area is 150 Å². The number of aryl methyl sites for hydroxylation is 1. The van der Waals surface area contributed by atoms with Gasteiger partial charge in [0.25, 0.3) is 5.91 Å². The van der Waals surface area contributed by atoms with Crippen LogP contribution in [0.2, 0.25) is 0 Å². The number of benzene rings is 2. The average molecular weight is 341 g/mol. The highest BCUT2D eigenvalue weighted by atomic mass is 16.5. The SMILES string of the molecule is COCCN(CCOC)C(=O)c1ccc(-c2cccc(C)c2C)cc1. The molecular formula is C21H27NO3. The highest BCUT2D eigenvalue weighted by Gasteiger charge is 2.15. The van der Waals surface area contributed by atoms with Gasteiger partial charge in [0.15, 0.2) is 0 Å². The van der Waals surface area contributed by atoms with E-state index in [0.29, 0.717) is 31.9 Å². The summed E-state index contributed by atoms with van der Waals surface area (Å²) in [6, 6.07) is 14.1. The van der Waals surface area contributed by atoms with Gasteiger partial charge in [-0.25, -0.2) is 0 Å². The smallest absolute Gasteiger partial charge is 0.254 e. The molecule has 0 bridgehead atoms. The maximum Gasteiger partial charge on any atom is 0.254 e. The molecule has 25 heavy (non-hydrogen) atoms. The molecule has 0 saturated carbocycles. The maximum absolute atomic E-state index is 12.7. The fraction of sp³-hybridized carbons (Fsp3) is 0.381. The fourth-order valence-corrected chi connectivity index (χ4v) is 2.76. The number of hydrogen-bond acceptors (Lipinski definition) is 3. The van der Waals surface area contributed by atoms with Crippen LogP contribution in [0.25, 0.3) is 11.1 Å². The van der Waals surface area contributed by atoms with Crippen LogP contribution in [0, 0.1) is 13.8 Å². The van der Waals surface area contributed by atoms with Crippen molar-refractivity contribution in [2.45, 2.75) is 13.8 Å². The third-order valence-electron chi connectivity index (χ3n) is 4.47. The molecule has 0 aliphatic heterocycles. The molecule has 0 unspecified atom stereocenters. The summed E-state index contributed by atoms with van der Waals surface area (Å²) < 4.78 is 10.2. The lowest BCUT2D eigenvalue weighted by molar-refractivity contribution is 0.0627. The summed E-state index contributed by atoms with van der Waals surface area (Å²) in [4.78, 5) is 14.5. The van der Waals surface area contributed by atoms with E-state index in [1.165, 1.54) is 16.7 Å². The lowest BCUT2D eigenvalue weighted by Gasteiger charge is -2.22. The Morgan fingerprint density at radius 2 is 1.52 bits per heavy atom. The van der Waals surface area contributed by atoms with Gasteiger partial charge in [-0.05, 0) is 48.2 Å². The van der Waals surface area contributed by atoms with E-state index in [0.717, 1.165) is 5.56 Å². The first-order valence-corrected chi connectivity index (χ1v) is 8.52. The number of nitrogens with zero attached hydrogens (tertiary/aromatic N) is 1. The second-order valence-corrected chi connectivity index (χ2v) is 6.10. The van der Waals surface area contributed by atoms with Crippen molar-refractivity contribution in [3.05, 3.63) is 59.2 Å². The molecule has 0 spiro atoms. The molecule has 0 atom stereocenters. The molecule has 4 nitrogen and oxygen atoms in total. The summed E-state index contributed by atoms with van der Waals surface area (Å²) in [6.45, 7) is 6.36. The van der Waals surface area contributed by atoms with Gasteiger partial charge in [0, 0.05) is 32.9 Å². The zero-order valence-corrected chi connectivity index (χ0v) is 15.5. The van der Waals surface area contributed by atoms with E-state index < -0.39 is 0 Å². The molecule has 0 heterocycles. The minimum absolute atomic E-state index is 0.00149. The van der Waals surface area contributed by atoms with Crippen LogP contribution in [0.3, 0.4) is 0 Å². The first-order valence-electron chi connectivity index (χ1n) is 8.52. The summed E-state index contributed by atoms with van der Waals surface area (Å²) in [5, 5.41) is 0. The first-order chi connectivity index (χ1) is 12.1. The molecular weight excluding hydrogens is 314 g/mol. The van der Waals surface area contributed by atoms with Crippen molar-refractivity contribution in [2.24, 2.45) is 0 Å². The van der Waals surface area contributed by atoms with E-state index in [-0.39, 0.29) is 5.91 Å². The second kappa shape index (κ2) is 9.35. The van der Waals surface area contributed by atoms with Crippen LogP contribution in [0.15, 0.2) is 42.5 Å². The molecule has 2 aromatic rings. The largest absolute Gasteiger partial charge is 0.383 e. The normalized spacial score (nSPS) is 10.7. The van der Waals surface area contributed by atoms with Crippen LogP contribution in [-0.4, -0.2) is 51.3 Å². The monoisotopic (exact) mass is 341 g/mol. The van der Waals surface area contributed by atoms with Gasteiger partial charge in [0.1, 0.15) is 0 Å². The highest BCUT2D eigenvalue weighted by molar-refractivity contribution is 5.94. The van der Waals surface area contributed by atoms with Crippen molar-refractivity contribution in [2.75, 3.05) is 40.5 Å². The zero-order chi connectivity index (χ0) is 18.2. The van der Waals surface area contributed by atoms with Crippen LogP contribution >= 0.6 is 0 Å². The van der Waals surface area contributed by atoms with Crippen molar-refractivity contribution in [1.82, 2.24) is 4.90 Å². The summed E-state index contributed by atoms with van der Waals surface area (Å²) in [5.41, 5.74) is 5.54. The number of hydrogen-bond donors (Lipinski definition) is 0.